The number of hydrogen-bond donors (Lipinski definition) is 1. The molecule has 3 fully saturated rings. The van der Waals surface area contributed by atoms with Gasteiger partial charge >= 0.3 is 5.97 Å². The number of carbonyl (C=O) groups is 2. The van der Waals surface area contributed by atoms with Crippen molar-refractivity contribution in [2.75, 3.05) is 7.11 Å². The molecular formula is C23H32O4. The molecule has 0 aromatic carbocycles. The van der Waals surface area contributed by atoms with Crippen molar-refractivity contribution in [1.82, 2.24) is 0 Å². The van der Waals surface area contributed by atoms with E-state index in [1.165, 1.54) is 18.3 Å². The summed E-state index contributed by atoms with van der Waals surface area (Å²) in [5.74, 6) is 0.612. The average molecular weight is 373 g/mol. The molecule has 4 heteroatoms. The van der Waals surface area contributed by atoms with Crippen LogP contribution in [0.2, 0.25) is 0 Å². The molecule has 0 saturated heterocycles. The number of ketones is 1. The van der Waals surface area contributed by atoms with Gasteiger partial charge in [0.2, 0.25) is 0 Å². The molecule has 0 radical (unpaired) electrons. The van der Waals surface area contributed by atoms with Crippen LogP contribution in [-0.4, -0.2) is 29.6 Å². The van der Waals surface area contributed by atoms with Crippen LogP contribution < -0.4 is 0 Å². The van der Waals surface area contributed by atoms with E-state index in [-0.39, 0.29) is 28.5 Å². The lowest BCUT2D eigenvalue weighted by atomic mass is 9.45. The maximum atomic E-state index is 12.2. The van der Waals surface area contributed by atoms with Gasteiger partial charge in [-0.1, -0.05) is 25.0 Å². The van der Waals surface area contributed by atoms with E-state index in [1.54, 1.807) is 0 Å². The fraction of sp³-hybridized carbons (Fsp3) is 0.739. The number of aliphatic hydroxyl groups is 1. The molecule has 4 rings (SSSR count). The summed E-state index contributed by atoms with van der Waals surface area (Å²) < 4.78 is 4.99. The Hall–Kier alpha value is -1.42. The molecular weight excluding hydrogens is 340 g/mol. The Morgan fingerprint density at radius 3 is 2.52 bits per heavy atom. The molecule has 5 atom stereocenters. The van der Waals surface area contributed by atoms with Crippen molar-refractivity contribution in [2.45, 2.75) is 77.7 Å². The summed E-state index contributed by atoms with van der Waals surface area (Å²) in [6.45, 7) is 6.38. The van der Waals surface area contributed by atoms with Gasteiger partial charge in [0.25, 0.3) is 0 Å². The van der Waals surface area contributed by atoms with E-state index >= 15 is 0 Å². The van der Waals surface area contributed by atoms with Crippen molar-refractivity contribution in [1.29, 1.82) is 0 Å². The molecule has 148 valence electrons. The number of allylic oxidation sites excluding steroid dienone is 1. The van der Waals surface area contributed by atoms with Crippen LogP contribution in [0.3, 0.4) is 0 Å². The maximum absolute atomic E-state index is 12.2. The molecule has 1 N–H and O–H groups in total. The van der Waals surface area contributed by atoms with E-state index in [2.05, 4.69) is 13.8 Å². The molecule has 27 heavy (non-hydrogen) atoms. The third-order valence-corrected chi connectivity index (χ3v) is 8.88. The molecule has 0 amide bonds. The standard InChI is InChI=1S/C23H32O4/c1-14(20(25)27-4)17-7-8-18-19-6-5-15-13-16(24)9-10-22(15,3)23(19,26)12-11-21(17,18)2/h13,18-19,26H,5-12H2,1-4H3/t18-,19-,21+,22-,23?/m0/s1. The predicted molar refractivity (Wildman–Crippen MR) is 103 cm³/mol. The largest absolute Gasteiger partial charge is 0.466 e. The van der Waals surface area contributed by atoms with Crippen LogP contribution in [0.25, 0.3) is 0 Å². The minimum atomic E-state index is -0.740. The van der Waals surface area contributed by atoms with Crippen molar-refractivity contribution in [3.8, 4) is 0 Å². The fourth-order valence-electron chi connectivity index (χ4n) is 7.21. The Labute approximate surface area is 162 Å². The minimum Gasteiger partial charge on any atom is -0.466 e. The molecule has 0 spiro atoms. The highest BCUT2D eigenvalue weighted by Gasteiger charge is 2.65. The Morgan fingerprint density at radius 1 is 1.11 bits per heavy atom. The van der Waals surface area contributed by atoms with Gasteiger partial charge in [-0.05, 0) is 75.2 Å². The van der Waals surface area contributed by atoms with E-state index in [1.807, 2.05) is 13.0 Å². The summed E-state index contributed by atoms with van der Waals surface area (Å²) in [5.41, 5.74) is 2.12. The van der Waals surface area contributed by atoms with Crippen LogP contribution in [0.15, 0.2) is 22.8 Å². The van der Waals surface area contributed by atoms with Crippen molar-refractivity contribution >= 4 is 11.8 Å². The highest BCUT2D eigenvalue weighted by molar-refractivity contribution is 5.92. The third kappa shape index (κ3) is 2.38. The van der Waals surface area contributed by atoms with E-state index in [4.69, 9.17) is 4.74 Å². The molecule has 4 aliphatic rings. The normalized spacial score (nSPS) is 45.4. The molecule has 0 heterocycles. The zero-order valence-corrected chi connectivity index (χ0v) is 17.1. The van der Waals surface area contributed by atoms with Gasteiger partial charge in [0.15, 0.2) is 5.78 Å². The second-order valence-electron chi connectivity index (χ2n) is 9.70. The molecule has 4 nitrogen and oxygen atoms in total. The molecule has 4 aliphatic carbocycles. The maximum Gasteiger partial charge on any atom is 0.333 e. The number of carbonyl (C=O) groups excluding carboxylic acids is 2. The molecule has 0 aliphatic heterocycles. The van der Waals surface area contributed by atoms with Crippen molar-refractivity contribution in [3.63, 3.8) is 0 Å². The SMILES string of the molecule is COC(=O)C(C)=C1CC[C@H]2[C@@H]3CCC4=CC(=O)CC[C@]4(C)C3(O)CC[C@]12C. The van der Waals surface area contributed by atoms with Crippen LogP contribution in [0.5, 0.6) is 0 Å². The topological polar surface area (TPSA) is 63.6 Å². The van der Waals surface area contributed by atoms with Gasteiger partial charge in [-0.3, -0.25) is 4.79 Å². The molecule has 0 aromatic heterocycles. The smallest absolute Gasteiger partial charge is 0.333 e. The quantitative estimate of drug-likeness (QED) is 0.555. The van der Waals surface area contributed by atoms with Gasteiger partial charge in [0, 0.05) is 17.4 Å². The van der Waals surface area contributed by atoms with Crippen LogP contribution in [0, 0.1) is 22.7 Å². The van der Waals surface area contributed by atoms with Crippen molar-refractivity contribution < 1.29 is 19.4 Å². The van der Waals surface area contributed by atoms with Crippen molar-refractivity contribution in [3.05, 3.63) is 22.8 Å². The summed E-state index contributed by atoms with van der Waals surface area (Å²) in [5, 5.41) is 12.0. The minimum absolute atomic E-state index is 0.0305. The van der Waals surface area contributed by atoms with Crippen LogP contribution in [-0.2, 0) is 14.3 Å². The van der Waals surface area contributed by atoms with Gasteiger partial charge in [-0.2, -0.15) is 0 Å². The Balaban J connectivity index is 1.73. The lowest BCUT2D eigenvalue weighted by Gasteiger charge is -2.62. The number of fused-ring (bicyclic) bond motifs is 5. The van der Waals surface area contributed by atoms with Gasteiger partial charge in [0.1, 0.15) is 0 Å². The highest BCUT2D eigenvalue weighted by atomic mass is 16.5. The van der Waals surface area contributed by atoms with Gasteiger partial charge < -0.3 is 9.84 Å². The first-order chi connectivity index (χ1) is 12.7. The molecule has 0 bridgehead atoms. The number of ether oxygens (including phenoxy) is 1. The van der Waals surface area contributed by atoms with Gasteiger partial charge in [0.05, 0.1) is 12.7 Å². The Bertz CT molecular complexity index is 762. The van der Waals surface area contributed by atoms with Crippen LogP contribution in [0.1, 0.15) is 72.1 Å². The summed E-state index contributed by atoms with van der Waals surface area (Å²) in [6, 6.07) is 0. The Kier molecular flexibility index (Phi) is 4.23. The lowest BCUT2D eigenvalue weighted by Crippen LogP contribution is -2.62. The summed E-state index contributed by atoms with van der Waals surface area (Å²) in [6.07, 6.45) is 8.57. The van der Waals surface area contributed by atoms with E-state index < -0.39 is 5.60 Å². The molecule has 3 saturated carbocycles. The van der Waals surface area contributed by atoms with E-state index in [9.17, 15) is 14.7 Å². The van der Waals surface area contributed by atoms with Crippen molar-refractivity contribution in [2.24, 2.45) is 22.7 Å². The van der Waals surface area contributed by atoms with E-state index in [0.29, 0.717) is 12.3 Å². The molecule has 0 aromatic rings. The second kappa shape index (κ2) is 6.04. The van der Waals surface area contributed by atoms with E-state index in [0.717, 1.165) is 50.5 Å². The first-order valence-electron chi connectivity index (χ1n) is 10.4. The Morgan fingerprint density at radius 2 is 1.81 bits per heavy atom. The summed E-state index contributed by atoms with van der Waals surface area (Å²) in [7, 11) is 1.45. The predicted octanol–water partition coefficient (Wildman–Crippen LogP) is 4.12. The zero-order chi connectivity index (χ0) is 19.6. The van der Waals surface area contributed by atoms with Gasteiger partial charge in [-0.25, -0.2) is 4.79 Å². The lowest BCUT2D eigenvalue weighted by molar-refractivity contribution is -0.183. The van der Waals surface area contributed by atoms with Crippen LogP contribution in [0.4, 0.5) is 0 Å². The highest BCUT2D eigenvalue weighted by Crippen LogP contribution is 2.68. The fourth-order valence-corrected chi connectivity index (χ4v) is 7.21. The van der Waals surface area contributed by atoms with Crippen LogP contribution >= 0.6 is 0 Å². The number of methoxy groups -OCH3 is 1. The summed E-state index contributed by atoms with van der Waals surface area (Å²) in [4.78, 5) is 24.1. The molecule has 1 unspecified atom stereocenters. The number of esters is 1. The third-order valence-electron chi connectivity index (χ3n) is 8.88. The first-order valence-corrected chi connectivity index (χ1v) is 10.4. The monoisotopic (exact) mass is 372 g/mol. The van der Waals surface area contributed by atoms with Gasteiger partial charge in [-0.15, -0.1) is 0 Å². The average Bonchev–Trinajstić information content (AvgIpc) is 2.99. The number of rotatable bonds is 1. The summed E-state index contributed by atoms with van der Waals surface area (Å²) >= 11 is 0. The first kappa shape index (κ1) is 18.9. The second-order valence-corrected chi connectivity index (χ2v) is 9.70. The number of hydrogen-bond acceptors (Lipinski definition) is 4. The zero-order valence-electron chi connectivity index (χ0n) is 17.1.